The zero-order valence-electron chi connectivity index (χ0n) is 10.5. The number of ether oxygens (including phenoxy) is 2. The minimum atomic E-state index is -0.989. The van der Waals surface area contributed by atoms with Gasteiger partial charge in [0, 0.05) is 19.6 Å². The van der Waals surface area contributed by atoms with E-state index < -0.39 is 11.8 Å². The van der Waals surface area contributed by atoms with Gasteiger partial charge in [0.1, 0.15) is 5.01 Å². The Balaban J connectivity index is 2.01. The van der Waals surface area contributed by atoms with E-state index in [4.69, 9.17) is 14.6 Å². The minimum Gasteiger partial charge on any atom is -0.476 e. The van der Waals surface area contributed by atoms with E-state index in [-0.39, 0.29) is 11.7 Å². The number of aromatic nitrogens is 1. The zero-order valence-corrected chi connectivity index (χ0v) is 11.4. The molecule has 0 radical (unpaired) electrons. The van der Waals surface area contributed by atoms with Gasteiger partial charge < -0.3 is 14.6 Å². The molecule has 1 aromatic rings. The predicted octanol–water partition coefficient (Wildman–Crippen LogP) is 1.21. The van der Waals surface area contributed by atoms with Crippen molar-refractivity contribution in [2.45, 2.75) is 18.8 Å². The third-order valence-corrected chi connectivity index (χ3v) is 4.29. The molecule has 1 atom stereocenters. The molecule has 7 heteroatoms. The monoisotopic (exact) mass is 272 g/mol. The van der Waals surface area contributed by atoms with Crippen molar-refractivity contribution in [2.75, 3.05) is 27.3 Å². The standard InChI is InChI=1S/C11H16N2O4S/c1-7(9-12-8(4-18-9)10(14)15)13-5-11(6-13,16-2)17-3/h4,7H,5-6H2,1-3H3,(H,14,15). The van der Waals surface area contributed by atoms with Gasteiger partial charge in [-0.15, -0.1) is 11.3 Å². The van der Waals surface area contributed by atoms with Gasteiger partial charge >= 0.3 is 5.97 Å². The lowest BCUT2D eigenvalue weighted by molar-refractivity contribution is -0.282. The van der Waals surface area contributed by atoms with E-state index in [1.807, 2.05) is 6.92 Å². The van der Waals surface area contributed by atoms with Crippen molar-refractivity contribution in [3.05, 3.63) is 16.1 Å². The second kappa shape index (κ2) is 4.93. The van der Waals surface area contributed by atoms with Crippen molar-refractivity contribution in [3.63, 3.8) is 0 Å². The van der Waals surface area contributed by atoms with Crippen molar-refractivity contribution < 1.29 is 19.4 Å². The molecule has 0 spiro atoms. The van der Waals surface area contributed by atoms with Gasteiger partial charge in [-0.25, -0.2) is 9.78 Å². The number of nitrogens with zero attached hydrogens (tertiary/aromatic N) is 2. The molecular formula is C11H16N2O4S. The van der Waals surface area contributed by atoms with Crippen LogP contribution >= 0.6 is 11.3 Å². The number of hydrogen-bond acceptors (Lipinski definition) is 6. The molecular weight excluding hydrogens is 256 g/mol. The first kappa shape index (κ1) is 13.4. The summed E-state index contributed by atoms with van der Waals surface area (Å²) in [5.74, 6) is -1.52. The van der Waals surface area contributed by atoms with Crippen molar-refractivity contribution >= 4 is 17.3 Å². The number of hydrogen-bond donors (Lipinski definition) is 1. The summed E-state index contributed by atoms with van der Waals surface area (Å²) >= 11 is 1.36. The molecule has 1 fully saturated rings. The molecule has 0 bridgehead atoms. The molecule has 0 saturated carbocycles. The van der Waals surface area contributed by atoms with E-state index in [2.05, 4.69) is 9.88 Å². The summed E-state index contributed by atoms with van der Waals surface area (Å²) in [4.78, 5) is 17.0. The van der Waals surface area contributed by atoms with Crippen molar-refractivity contribution in [3.8, 4) is 0 Å². The minimum absolute atomic E-state index is 0.0709. The molecule has 2 rings (SSSR count). The molecule has 0 aliphatic carbocycles. The molecule has 0 amide bonds. The van der Waals surface area contributed by atoms with E-state index >= 15 is 0 Å². The summed E-state index contributed by atoms with van der Waals surface area (Å²) in [5, 5.41) is 11.2. The van der Waals surface area contributed by atoms with E-state index in [9.17, 15) is 4.79 Å². The summed E-state index contributed by atoms with van der Waals surface area (Å²) < 4.78 is 10.6. The summed E-state index contributed by atoms with van der Waals surface area (Å²) in [6.45, 7) is 3.31. The molecule has 1 unspecified atom stereocenters. The summed E-state index contributed by atoms with van der Waals surface area (Å²) in [6, 6.07) is 0.0709. The van der Waals surface area contributed by atoms with E-state index in [1.54, 1.807) is 19.6 Å². The fourth-order valence-corrected chi connectivity index (χ4v) is 2.80. The Bertz CT molecular complexity index is 436. The van der Waals surface area contributed by atoms with Gasteiger partial charge in [-0.2, -0.15) is 0 Å². The summed E-state index contributed by atoms with van der Waals surface area (Å²) in [5.41, 5.74) is 0.104. The largest absolute Gasteiger partial charge is 0.476 e. The highest BCUT2D eigenvalue weighted by Gasteiger charge is 2.46. The van der Waals surface area contributed by atoms with E-state index in [0.717, 1.165) is 5.01 Å². The first-order valence-electron chi connectivity index (χ1n) is 5.54. The Kier molecular flexibility index (Phi) is 3.67. The Morgan fingerprint density at radius 3 is 2.61 bits per heavy atom. The third kappa shape index (κ3) is 2.26. The fraction of sp³-hybridized carbons (Fsp3) is 0.636. The van der Waals surface area contributed by atoms with Gasteiger partial charge in [0.15, 0.2) is 11.5 Å². The molecule has 1 saturated heterocycles. The normalized spacial score (nSPS) is 20.4. The smallest absolute Gasteiger partial charge is 0.355 e. The second-order valence-corrected chi connectivity index (χ2v) is 5.17. The van der Waals surface area contributed by atoms with Crippen LogP contribution in [0, 0.1) is 0 Å². The Labute approximate surface area is 109 Å². The van der Waals surface area contributed by atoms with Crippen LogP contribution in [-0.2, 0) is 9.47 Å². The maximum atomic E-state index is 10.8. The molecule has 1 aromatic heterocycles. The highest BCUT2D eigenvalue weighted by molar-refractivity contribution is 7.09. The van der Waals surface area contributed by atoms with Crippen LogP contribution in [0.15, 0.2) is 5.38 Å². The van der Waals surface area contributed by atoms with Crippen LogP contribution < -0.4 is 0 Å². The van der Waals surface area contributed by atoms with Crippen LogP contribution in [0.2, 0.25) is 0 Å². The molecule has 0 aromatic carbocycles. The van der Waals surface area contributed by atoms with Crippen molar-refractivity contribution in [1.29, 1.82) is 0 Å². The first-order valence-corrected chi connectivity index (χ1v) is 6.42. The average molecular weight is 272 g/mol. The van der Waals surface area contributed by atoms with Crippen LogP contribution in [0.25, 0.3) is 0 Å². The molecule has 1 aliphatic heterocycles. The van der Waals surface area contributed by atoms with Crippen molar-refractivity contribution in [1.82, 2.24) is 9.88 Å². The van der Waals surface area contributed by atoms with Crippen LogP contribution in [0.5, 0.6) is 0 Å². The number of likely N-dealkylation sites (tertiary alicyclic amines) is 1. The number of carboxylic acids is 1. The van der Waals surface area contributed by atoms with Gasteiger partial charge in [0.25, 0.3) is 0 Å². The summed E-state index contributed by atoms with van der Waals surface area (Å²) in [7, 11) is 3.24. The number of aromatic carboxylic acids is 1. The highest BCUT2D eigenvalue weighted by Crippen LogP contribution is 2.34. The first-order chi connectivity index (χ1) is 8.51. The van der Waals surface area contributed by atoms with Crippen molar-refractivity contribution in [2.24, 2.45) is 0 Å². The summed E-state index contributed by atoms with van der Waals surface area (Å²) in [6.07, 6.45) is 0. The van der Waals surface area contributed by atoms with E-state index in [1.165, 1.54) is 11.3 Å². The molecule has 18 heavy (non-hydrogen) atoms. The lowest BCUT2D eigenvalue weighted by Gasteiger charge is -2.49. The lowest BCUT2D eigenvalue weighted by atomic mass is 10.0. The maximum absolute atomic E-state index is 10.8. The SMILES string of the molecule is COC1(OC)CN(C(C)c2nc(C(=O)O)cs2)C1. The van der Waals surface area contributed by atoms with Crippen LogP contribution in [0.3, 0.4) is 0 Å². The lowest BCUT2D eigenvalue weighted by Crippen LogP contribution is -2.64. The van der Waals surface area contributed by atoms with Crippen LogP contribution in [-0.4, -0.2) is 54.1 Å². The fourth-order valence-electron chi connectivity index (χ4n) is 1.92. The van der Waals surface area contributed by atoms with Gasteiger partial charge in [0.2, 0.25) is 0 Å². The Hall–Kier alpha value is -1.02. The molecule has 2 heterocycles. The molecule has 1 N–H and O–H groups in total. The Morgan fingerprint density at radius 2 is 2.17 bits per heavy atom. The average Bonchev–Trinajstić information content (AvgIpc) is 2.78. The molecule has 6 nitrogen and oxygen atoms in total. The predicted molar refractivity (Wildman–Crippen MR) is 65.8 cm³/mol. The second-order valence-electron chi connectivity index (χ2n) is 4.28. The molecule has 100 valence electrons. The number of thiazole rings is 1. The zero-order chi connectivity index (χ0) is 13.3. The third-order valence-electron chi connectivity index (χ3n) is 3.28. The topological polar surface area (TPSA) is 71.9 Å². The van der Waals surface area contributed by atoms with E-state index in [0.29, 0.717) is 13.1 Å². The maximum Gasteiger partial charge on any atom is 0.355 e. The number of methoxy groups -OCH3 is 2. The Morgan fingerprint density at radius 1 is 1.56 bits per heavy atom. The van der Waals surface area contributed by atoms with Gasteiger partial charge in [0.05, 0.1) is 19.1 Å². The number of rotatable bonds is 5. The quantitative estimate of drug-likeness (QED) is 0.812. The van der Waals surface area contributed by atoms with Crippen LogP contribution in [0.4, 0.5) is 0 Å². The number of carboxylic acid groups (broad SMARTS) is 1. The number of carbonyl (C=O) groups is 1. The van der Waals surface area contributed by atoms with Gasteiger partial charge in [-0.1, -0.05) is 0 Å². The highest BCUT2D eigenvalue weighted by atomic mass is 32.1. The van der Waals surface area contributed by atoms with Gasteiger partial charge in [-0.05, 0) is 6.92 Å². The molecule has 1 aliphatic rings. The van der Waals surface area contributed by atoms with Crippen LogP contribution in [0.1, 0.15) is 28.5 Å². The van der Waals surface area contributed by atoms with Gasteiger partial charge in [-0.3, -0.25) is 4.90 Å².